The van der Waals surface area contributed by atoms with Crippen molar-refractivity contribution in [2.45, 2.75) is 33.4 Å². The molecule has 1 unspecified atom stereocenters. The third-order valence-corrected chi connectivity index (χ3v) is 3.59. The van der Waals surface area contributed by atoms with Gasteiger partial charge in [0, 0.05) is 30.7 Å². The van der Waals surface area contributed by atoms with Crippen LogP contribution in [0.15, 0.2) is 6.20 Å². The van der Waals surface area contributed by atoms with E-state index in [2.05, 4.69) is 29.0 Å². The van der Waals surface area contributed by atoms with Crippen LogP contribution < -0.4 is 10.2 Å². The van der Waals surface area contributed by atoms with E-state index < -0.39 is 12.0 Å². The number of aromatic nitrogens is 1. The van der Waals surface area contributed by atoms with Crippen molar-refractivity contribution < 1.29 is 9.90 Å². The Bertz CT molecular complexity index is 363. The lowest BCUT2D eigenvalue weighted by atomic mass is 10.3. The normalized spacial score (nSPS) is 12.4. The molecule has 96 valence electrons. The van der Waals surface area contributed by atoms with Crippen LogP contribution in [0.2, 0.25) is 0 Å². The third-order valence-electron chi connectivity index (χ3n) is 2.53. The standard InChI is InChI=1S/C11H19N3O2S/c1-4-14(5-2)11-13-7-9(17-11)6-12-8(3)10(15)16/h7-8,12H,4-6H2,1-3H3,(H,15,16). The van der Waals surface area contributed by atoms with E-state index in [0.717, 1.165) is 23.1 Å². The van der Waals surface area contributed by atoms with Crippen LogP contribution in [0, 0.1) is 0 Å². The number of carbonyl (C=O) groups is 1. The van der Waals surface area contributed by atoms with E-state index in [4.69, 9.17) is 5.11 Å². The second-order valence-electron chi connectivity index (χ2n) is 3.72. The molecule has 0 bridgehead atoms. The number of nitrogens with one attached hydrogen (secondary N) is 1. The molecule has 0 saturated carbocycles. The van der Waals surface area contributed by atoms with Gasteiger partial charge >= 0.3 is 5.97 Å². The van der Waals surface area contributed by atoms with Crippen LogP contribution in [0.25, 0.3) is 0 Å². The average molecular weight is 257 g/mol. The van der Waals surface area contributed by atoms with E-state index in [-0.39, 0.29) is 0 Å². The molecule has 0 aliphatic rings. The Balaban J connectivity index is 2.54. The second kappa shape index (κ2) is 6.56. The molecule has 0 aliphatic carbocycles. The van der Waals surface area contributed by atoms with Crippen molar-refractivity contribution in [2.75, 3.05) is 18.0 Å². The Morgan fingerprint density at radius 3 is 2.76 bits per heavy atom. The fraction of sp³-hybridized carbons (Fsp3) is 0.636. The summed E-state index contributed by atoms with van der Waals surface area (Å²) < 4.78 is 0. The van der Waals surface area contributed by atoms with Crippen molar-refractivity contribution in [2.24, 2.45) is 0 Å². The number of hydrogen-bond donors (Lipinski definition) is 2. The van der Waals surface area contributed by atoms with Gasteiger partial charge in [-0.15, -0.1) is 11.3 Å². The van der Waals surface area contributed by atoms with Gasteiger partial charge in [0.15, 0.2) is 5.13 Å². The summed E-state index contributed by atoms with van der Waals surface area (Å²) in [6, 6.07) is -0.533. The summed E-state index contributed by atoms with van der Waals surface area (Å²) in [4.78, 5) is 18.2. The van der Waals surface area contributed by atoms with Gasteiger partial charge in [-0.1, -0.05) is 0 Å². The van der Waals surface area contributed by atoms with Crippen molar-refractivity contribution in [3.63, 3.8) is 0 Å². The highest BCUT2D eigenvalue weighted by Gasteiger charge is 2.11. The van der Waals surface area contributed by atoms with E-state index >= 15 is 0 Å². The smallest absolute Gasteiger partial charge is 0.320 e. The number of thiazole rings is 1. The van der Waals surface area contributed by atoms with Gasteiger partial charge in [-0.2, -0.15) is 0 Å². The molecule has 0 fully saturated rings. The lowest BCUT2D eigenvalue weighted by molar-refractivity contribution is -0.139. The van der Waals surface area contributed by atoms with Crippen LogP contribution >= 0.6 is 11.3 Å². The molecular formula is C11H19N3O2S. The summed E-state index contributed by atoms with van der Waals surface area (Å²) in [6.45, 7) is 8.23. The predicted molar refractivity (Wildman–Crippen MR) is 69.6 cm³/mol. The van der Waals surface area contributed by atoms with Gasteiger partial charge < -0.3 is 10.0 Å². The van der Waals surface area contributed by atoms with Gasteiger partial charge in [0.2, 0.25) is 0 Å². The summed E-state index contributed by atoms with van der Waals surface area (Å²) in [6.07, 6.45) is 1.81. The quantitative estimate of drug-likeness (QED) is 0.776. The first-order valence-electron chi connectivity index (χ1n) is 5.74. The highest BCUT2D eigenvalue weighted by Crippen LogP contribution is 2.21. The molecule has 1 rings (SSSR count). The van der Waals surface area contributed by atoms with E-state index in [1.807, 2.05) is 0 Å². The topological polar surface area (TPSA) is 65.5 Å². The Labute approximate surface area is 105 Å². The van der Waals surface area contributed by atoms with E-state index in [1.165, 1.54) is 0 Å². The van der Waals surface area contributed by atoms with Crippen molar-refractivity contribution >= 4 is 22.4 Å². The maximum Gasteiger partial charge on any atom is 0.320 e. The summed E-state index contributed by atoms with van der Waals surface area (Å²) in [7, 11) is 0. The van der Waals surface area contributed by atoms with Crippen molar-refractivity contribution in [3.8, 4) is 0 Å². The second-order valence-corrected chi connectivity index (χ2v) is 4.82. The zero-order valence-corrected chi connectivity index (χ0v) is 11.3. The van der Waals surface area contributed by atoms with E-state index in [9.17, 15) is 4.79 Å². The summed E-state index contributed by atoms with van der Waals surface area (Å²) >= 11 is 1.60. The molecule has 0 aromatic carbocycles. The Kier molecular flexibility index (Phi) is 5.37. The predicted octanol–water partition coefficient (Wildman–Crippen LogP) is 1.55. The van der Waals surface area contributed by atoms with Crippen LogP contribution in [0.3, 0.4) is 0 Å². The summed E-state index contributed by atoms with van der Waals surface area (Å²) in [5, 5.41) is 12.7. The number of hydrogen-bond acceptors (Lipinski definition) is 5. The van der Waals surface area contributed by atoms with Gasteiger partial charge in [-0.3, -0.25) is 10.1 Å². The molecule has 1 heterocycles. The van der Waals surface area contributed by atoms with Crippen LogP contribution in [0.4, 0.5) is 5.13 Å². The van der Waals surface area contributed by atoms with Gasteiger partial charge in [-0.25, -0.2) is 4.98 Å². The number of carboxylic acid groups (broad SMARTS) is 1. The fourth-order valence-electron chi connectivity index (χ4n) is 1.36. The Morgan fingerprint density at radius 1 is 1.59 bits per heavy atom. The average Bonchev–Trinajstić information content (AvgIpc) is 2.76. The molecule has 0 saturated heterocycles. The molecule has 0 spiro atoms. The van der Waals surface area contributed by atoms with E-state index in [1.54, 1.807) is 24.5 Å². The maximum atomic E-state index is 10.6. The van der Waals surface area contributed by atoms with E-state index in [0.29, 0.717) is 6.54 Å². The van der Waals surface area contributed by atoms with Crippen LogP contribution in [0.1, 0.15) is 25.6 Å². The molecule has 0 amide bonds. The molecule has 1 aromatic rings. The molecule has 2 N–H and O–H groups in total. The van der Waals surface area contributed by atoms with Crippen molar-refractivity contribution in [1.29, 1.82) is 0 Å². The SMILES string of the molecule is CCN(CC)c1ncc(CNC(C)C(=O)O)s1. The minimum absolute atomic E-state index is 0.533. The molecule has 6 heteroatoms. The first-order valence-corrected chi connectivity index (χ1v) is 6.56. The zero-order valence-electron chi connectivity index (χ0n) is 10.4. The van der Waals surface area contributed by atoms with Gasteiger partial charge in [0.05, 0.1) is 0 Å². The monoisotopic (exact) mass is 257 g/mol. The molecule has 5 nitrogen and oxygen atoms in total. The van der Waals surface area contributed by atoms with Crippen molar-refractivity contribution in [1.82, 2.24) is 10.3 Å². The number of nitrogens with zero attached hydrogens (tertiary/aromatic N) is 2. The third kappa shape index (κ3) is 3.98. The first kappa shape index (κ1) is 13.9. The van der Waals surface area contributed by atoms with Crippen LogP contribution in [0.5, 0.6) is 0 Å². The molecule has 1 aromatic heterocycles. The molecule has 1 atom stereocenters. The highest BCUT2D eigenvalue weighted by molar-refractivity contribution is 7.15. The van der Waals surface area contributed by atoms with Gasteiger partial charge in [0.1, 0.15) is 6.04 Å². The number of carboxylic acids is 1. The minimum atomic E-state index is -0.835. The summed E-state index contributed by atoms with van der Waals surface area (Å²) in [5.41, 5.74) is 0. The summed E-state index contributed by atoms with van der Waals surface area (Å²) in [5.74, 6) is -0.835. The van der Waals surface area contributed by atoms with Gasteiger partial charge in [0.25, 0.3) is 0 Å². The largest absolute Gasteiger partial charge is 0.480 e. The van der Waals surface area contributed by atoms with Crippen LogP contribution in [-0.4, -0.2) is 35.2 Å². The molecule has 17 heavy (non-hydrogen) atoms. The maximum absolute atomic E-state index is 10.6. The number of rotatable bonds is 7. The lowest BCUT2D eigenvalue weighted by Crippen LogP contribution is -2.32. The molecule has 0 aliphatic heterocycles. The van der Waals surface area contributed by atoms with Gasteiger partial charge in [-0.05, 0) is 20.8 Å². The fourth-order valence-corrected chi connectivity index (χ4v) is 2.35. The van der Waals surface area contributed by atoms with Crippen molar-refractivity contribution in [3.05, 3.63) is 11.1 Å². The Hall–Kier alpha value is -1.14. The Morgan fingerprint density at radius 2 is 2.24 bits per heavy atom. The first-order chi connectivity index (χ1) is 8.08. The lowest BCUT2D eigenvalue weighted by Gasteiger charge is -2.16. The highest BCUT2D eigenvalue weighted by atomic mass is 32.1. The number of aliphatic carboxylic acids is 1. The number of anilines is 1. The molecular weight excluding hydrogens is 238 g/mol. The minimum Gasteiger partial charge on any atom is -0.480 e. The zero-order chi connectivity index (χ0) is 12.8. The molecule has 0 radical (unpaired) electrons. The van der Waals surface area contributed by atoms with Crippen LogP contribution in [-0.2, 0) is 11.3 Å².